The van der Waals surface area contributed by atoms with Crippen molar-refractivity contribution in [1.82, 2.24) is 5.32 Å². The summed E-state index contributed by atoms with van der Waals surface area (Å²) in [5, 5.41) is 2.59. The van der Waals surface area contributed by atoms with E-state index in [4.69, 9.17) is 4.74 Å². The Labute approximate surface area is 135 Å². The molecule has 1 saturated carbocycles. The number of methoxy groups -OCH3 is 1. The van der Waals surface area contributed by atoms with Gasteiger partial charge < -0.3 is 10.1 Å². The highest BCUT2D eigenvalue weighted by molar-refractivity contribution is 7.98. The molecule has 0 bridgehead atoms. The summed E-state index contributed by atoms with van der Waals surface area (Å²) in [7, 11) is 1.21. The highest BCUT2D eigenvalue weighted by atomic mass is 32.2. The zero-order valence-electron chi connectivity index (χ0n) is 12.6. The first-order valence-electron chi connectivity index (χ1n) is 6.94. The second kappa shape index (κ2) is 6.82. The van der Waals surface area contributed by atoms with Crippen molar-refractivity contribution in [1.29, 1.82) is 0 Å². The van der Waals surface area contributed by atoms with E-state index in [1.807, 2.05) is 0 Å². The SMILES string of the molecule is COc1cc(C(F)(F)F)cc(SC)c1C(=O)NC1CCCC1=O. The van der Waals surface area contributed by atoms with Gasteiger partial charge in [-0.15, -0.1) is 11.8 Å². The Balaban J connectivity index is 2.40. The van der Waals surface area contributed by atoms with Gasteiger partial charge in [0.05, 0.1) is 24.3 Å². The van der Waals surface area contributed by atoms with Crippen LogP contribution in [0.4, 0.5) is 13.2 Å². The van der Waals surface area contributed by atoms with Gasteiger partial charge in [-0.2, -0.15) is 13.2 Å². The van der Waals surface area contributed by atoms with Gasteiger partial charge in [0.25, 0.3) is 5.91 Å². The van der Waals surface area contributed by atoms with Crippen LogP contribution in [-0.4, -0.2) is 31.1 Å². The lowest BCUT2D eigenvalue weighted by Crippen LogP contribution is -2.38. The van der Waals surface area contributed by atoms with Crippen molar-refractivity contribution in [2.45, 2.75) is 36.4 Å². The Morgan fingerprint density at radius 1 is 1.39 bits per heavy atom. The lowest BCUT2D eigenvalue weighted by molar-refractivity contribution is -0.137. The summed E-state index contributed by atoms with van der Waals surface area (Å²) in [6.45, 7) is 0. The molecule has 0 heterocycles. The second-order valence-corrected chi connectivity index (χ2v) is 5.99. The van der Waals surface area contributed by atoms with Crippen molar-refractivity contribution < 1.29 is 27.5 Å². The van der Waals surface area contributed by atoms with Gasteiger partial charge in [-0.1, -0.05) is 0 Å². The van der Waals surface area contributed by atoms with E-state index < -0.39 is 23.7 Å². The fourth-order valence-corrected chi connectivity index (χ4v) is 3.14. The number of carbonyl (C=O) groups excluding carboxylic acids is 2. The molecule has 1 atom stereocenters. The van der Waals surface area contributed by atoms with Gasteiger partial charge in [-0.25, -0.2) is 0 Å². The maximum Gasteiger partial charge on any atom is 0.416 e. The van der Waals surface area contributed by atoms with Crippen LogP contribution in [0.15, 0.2) is 17.0 Å². The maximum absolute atomic E-state index is 12.9. The fourth-order valence-electron chi connectivity index (χ4n) is 2.50. The number of ether oxygens (including phenoxy) is 1. The Morgan fingerprint density at radius 3 is 2.57 bits per heavy atom. The third kappa shape index (κ3) is 3.80. The number of halogens is 3. The largest absolute Gasteiger partial charge is 0.496 e. The van der Waals surface area contributed by atoms with E-state index >= 15 is 0 Å². The summed E-state index contributed by atoms with van der Waals surface area (Å²) < 4.78 is 43.7. The number of rotatable bonds is 4. The average Bonchev–Trinajstić information content (AvgIpc) is 2.89. The van der Waals surface area contributed by atoms with Crippen molar-refractivity contribution >= 4 is 23.5 Å². The van der Waals surface area contributed by atoms with Crippen LogP contribution in [0.1, 0.15) is 35.2 Å². The number of carbonyl (C=O) groups is 2. The highest BCUT2D eigenvalue weighted by Crippen LogP contribution is 2.38. The number of benzene rings is 1. The van der Waals surface area contributed by atoms with Crippen LogP contribution in [0.3, 0.4) is 0 Å². The summed E-state index contributed by atoms with van der Waals surface area (Å²) in [6, 6.07) is 1.13. The molecule has 2 rings (SSSR count). The molecule has 0 radical (unpaired) electrons. The number of hydrogen-bond donors (Lipinski definition) is 1. The summed E-state index contributed by atoms with van der Waals surface area (Å²) in [5.74, 6) is -0.817. The minimum atomic E-state index is -4.53. The minimum absolute atomic E-state index is 0.0210. The molecule has 1 fully saturated rings. The standard InChI is InChI=1S/C15H16F3NO3S/c1-22-11-6-8(15(16,17)18)7-12(23-2)13(11)14(21)19-9-4-3-5-10(9)20/h6-7,9H,3-5H2,1-2H3,(H,19,21). The van der Waals surface area contributed by atoms with Crippen LogP contribution in [-0.2, 0) is 11.0 Å². The predicted molar refractivity (Wildman–Crippen MR) is 79.9 cm³/mol. The van der Waals surface area contributed by atoms with Crippen molar-refractivity contribution in [3.8, 4) is 5.75 Å². The molecular weight excluding hydrogens is 331 g/mol. The first kappa shape index (κ1) is 17.7. The van der Waals surface area contributed by atoms with E-state index in [1.54, 1.807) is 6.26 Å². The number of alkyl halides is 3. The van der Waals surface area contributed by atoms with Gasteiger partial charge in [0.15, 0.2) is 5.78 Å². The van der Waals surface area contributed by atoms with Crippen LogP contribution in [0, 0.1) is 0 Å². The molecule has 8 heteroatoms. The van der Waals surface area contributed by atoms with E-state index in [9.17, 15) is 22.8 Å². The van der Waals surface area contributed by atoms with Crippen LogP contribution < -0.4 is 10.1 Å². The second-order valence-electron chi connectivity index (χ2n) is 5.14. The molecule has 0 saturated heterocycles. The first-order chi connectivity index (χ1) is 10.8. The Morgan fingerprint density at radius 2 is 2.09 bits per heavy atom. The van der Waals surface area contributed by atoms with Gasteiger partial charge in [0.1, 0.15) is 5.75 Å². The number of amides is 1. The van der Waals surface area contributed by atoms with Gasteiger partial charge in [0, 0.05) is 11.3 Å². The Bertz CT molecular complexity index is 606. The summed E-state index contributed by atoms with van der Waals surface area (Å²) in [5.41, 5.74) is -0.861. The van der Waals surface area contributed by atoms with E-state index in [2.05, 4.69) is 5.32 Å². The van der Waals surface area contributed by atoms with Crippen LogP contribution in [0.5, 0.6) is 5.75 Å². The van der Waals surface area contributed by atoms with Crippen LogP contribution >= 0.6 is 11.8 Å². The first-order valence-corrected chi connectivity index (χ1v) is 8.17. The molecule has 1 aromatic rings. The minimum Gasteiger partial charge on any atom is -0.496 e. The zero-order valence-corrected chi connectivity index (χ0v) is 13.4. The fraction of sp³-hybridized carbons (Fsp3) is 0.467. The summed E-state index contributed by atoms with van der Waals surface area (Å²) >= 11 is 1.02. The molecule has 4 nitrogen and oxygen atoms in total. The quantitative estimate of drug-likeness (QED) is 0.849. The predicted octanol–water partition coefficient (Wildman–Crippen LogP) is 3.29. The molecule has 1 aromatic carbocycles. The van der Waals surface area contributed by atoms with Gasteiger partial charge >= 0.3 is 6.18 Å². The molecule has 1 unspecified atom stereocenters. The lowest BCUT2D eigenvalue weighted by atomic mass is 10.1. The molecule has 0 aliphatic heterocycles. The molecular formula is C15H16F3NO3S. The number of nitrogens with one attached hydrogen (secondary N) is 1. The smallest absolute Gasteiger partial charge is 0.416 e. The topological polar surface area (TPSA) is 55.4 Å². The Hall–Kier alpha value is -1.70. The third-order valence-corrected chi connectivity index (χ3v) is 4.43. The van der Waals surface area contributed by atoms with Crippen molar-refractivity contribution in [2.24, 2.45) is 0 Å². The van der Waals surface area contributed by atoms with E-state index in [1.165, 1.54) is 7.11 Å². The van der Waals surface area contributed by atoms with Crippen molar-refractivity contribution in [3.63, 3.8) is 0 Å². The van der Waals surface area contributed by atoms with E-state index in [-0.39, 0.29) is 22.0 Å². The normalized spacial score (nSPS) is 18.1. The molecule has 1 aliphatic carbocycles. The number of thioether (sulfide) groups is 1. The molecule has 1 N–H and O–H groups in total. The number of ketones is 1. The lowest BCUT2D eigenvalue weighted by Gasteiger charge is -2.18. The average molecular weight is 347 g/mol. The maximum atomic E-state index is 12.9. The third-order valence-electron chi connectivity index (χ3n) is 3.67. The zero-order chi connectivity index (χ0) is 17.2. The molecule has 126 valence electrons. The molecule has 23 heavy (non-hydrogen) atoms. The molecule has 0 aromatic heterocycles. The molecule has 1 amide bonds. The Kier molecular flexibility index (Phi) is 5.23. The molecule has 1 aliphatic rings. The monoisotopic (exact) mass is 347 g/mol. The van der Waals surface area contributed by atoms with Gasteiger partial charge in [0.2, 0.25) is 0 Å². The van der Waals surface area contributed by atoms with Crippen LogP contribution in [0.2, 0.25) is 0 Å². The van der Waals surface area contributed by atoms with Gasteiger partial charge in [-0.3, -0.25) is 9.59 Å². The molecule has 0 spiro atoms. The van der Waals surface area contributed by atoms with Crippen molar-refractivity contribution in [3.05, 3.63) is 23.3 Å². The summed E-state index contributed by atoms with van der Waals surface area (Å²) in [4.78, 5) is 24.2. The van der Waals surface area contributed by atoms with E-state index in [0.717, 1.165) is 23.9 Å². The van der Waals surface area contributed by atoms with Gasteiger partial charge in [-0.05, 0) is 31.2 Å². The highest BCUT2D eigenvalue weighted by Gasteiger charge is 2.34. The van der Waals surface area contributed by atoms with Crippen molar-refractivity contribution in [2.75, 3.05) is 13.4 Å². The number of hydrogen-bond acceptors (Lipinski definition) is 4. The van der Waals surface area contributed by atoms with E-state index in [0.29, 0.717) is 19.3 Å². The van der Waals surface area contributed by atoms with Crippen LogP contribution in [0.25, 0.3) is 0 Å². The summed E-state index contributed by atoms with van der Waals surface area (Å²) in [6.07, 6.45) is -1.31. The number of Topliss-reactive ketones (excluding diaryl/α,β-unsaturated/α-hetero) is 1.